The molecule has 0 aliphatic heterocycles. The summed E-state index contributed by atoms with van der Waals surface area (Å²) in [6.07, 6.45) is 6.68. The Kier molecular flexibility index (Phi) is 5.24. The number of hydrogen-bond acceptors (Lipinski definition) is 4. The third kappa shape index (κ3) is 3.15. The predicted octanol–water partition coefficient (Wildman–Crippen LogP) is 4.94. The number of rotatable bonds is 1. The van der Waals surface area contributed by atoms with Crippen molar-refractivity contribution in [2.45, 2.75) is 34.1 Å². The molecule has 1 N–H and O–H groups in total. The van der Waals surface area contributed by atoms with Gasteiger partial charge in [-0.3, -0.25) is 9.59 Å². The molecule has 0 saturated carbocycles. The number of carbonyl (C=O) groups is 2. The van der Waals surface area contributed by atoms with E-state index >= 15 is 0 Å². The summed E-state index contributed by atoms with van der Waals surface area (Å²) >= 11 is 0. The molecule has 5 rings (SSSR count). The minimum Gasteiger partial charge on any atom is -0.508 e. The van der Waals surface area contributed by atoms with E-state index in [-0.39, 0.29) is 5.75 Å². The Bertz CT molecular complexity index is 1370. The van der Waals surface area contributed by atoms with Crippen LogP contribution in [0.25, 0.3) is 34.3 Å². The summed E-state index contributed by atoms with van der Waals surface area (Å²) in [5.74, 6) is 0.0892. The number of aromatic hydroxyl groups is 1. The zero-order valence-corrected chi connectivity index (χ0v) is 18.1. The summed E-state index contributed by atoms with van der Waals surface area (Å²) in [6.45, 7) is 7.83. The van der Waals surface area contributed by atoms with Crippen molar-refractivity contribution in [3.63, 3.8) is 0 Å². The molecule has 0 unspecified atom stereocenters. The Hall–Kier alpha value is -3.66. The molecule has 4 nitrogen and oxygen atoms in total. The zero-order chi connectivity index (χ0) is 22.3. The minimum atomic E-state index is -0.536. The predicted molar refractivity (Wildman–Crippen MR) is 123 cm³/mol. The van der Waals surface area contributed by atoms with Crippen LogP contribution >= 0.6 is 0 Å². The molecule has 156 valence electrons. The first-order valence-electron chi connectivity index (χ1n) is 10.5. The fourth-order valence-electron chi connectivity index (χ4n) is 4.21. The largest absolute Gasteiger partial charge is 0.508 e. The summed E-state index contributed by atoms with van der Waals surface area (Å²) in [5.41, 5.74) is 3.92. The molecular weight excluding hydrogens is 388 g/mol. The Morgan fingerprint density at radius 3 is 2.26 bits per heavy atom. The molecule has 0 bridgehead atoms. The summed E-state index contributed by atoms with van der Waals surface area (Å²) in [6, 6.07) is 10.5. The minimum absolute atomic E-state index is 0.150. The second kappa shape index (κ2) is 7.88. The molecule has 0 saturated heterocycles. The smallest absolute Gasteiger partial charge is 0.237 e. The maximum Gasteiger partial charge on any atom is 0.237 e. The number of phenols is 1. The lowest BCUT2D eigenvalue weighted by Gasteiger charge is -2.15. The number of carbonyl (C=O) groups excluding carboxylic acids is 2. The van der Waals surface area contributed by atoms with Gasteiger partial charge < -0.3 is 9.52 Å². The van der Waals surface area contributed by atoms with Gasteiger partial charge in [-0.15, -0.1) is 0 Å². The molecule has 0 radical (unpaired) electrons. The van der Waals surface area contributed by atoms with Gasteiger partial charge in [-0.25, -0.2) is 0 Å². The maximum absolute atomic E-state index is 13.1. The number of phenolic OH excluding ortho intramolecular Hbond substituents is 1. The van der Waals surface area contributed by atoms with Crippen LogP contribution in [0.1, 0.15) is 53.5 Å². The van der Waals surface area contributed by atoms with Crippen LogP contribution in [0.4, 0.5) is 0 Å². The normalized spacial score (nSPS) is 14.0. The molecule has 0 fully saturated rings. The van der Waals surface area contributed by atoms with Crippen molar-refractivity contribution in [3.8, 4) is 28.4 Å². The van der Waals surface area contributed by atoms with E-state index in [4.69, 9.17) is 4.42 Å². The van der Waals surface area contributed by atoms with E-state index in [1.54, 1.807) is 31.2 Å². The Morgan fingerprint density at radius 1 is 0.871 bits per heavy atom. The summed E-state index contributed by atoms with van der Waals surface area (Å²) in [5, 5.41) is 11.3. The van der Waals surface area contributed by atoms with Crippen molar-refractivity contribution >= 4 is 23.2 Å². The van der Waals surface area contributed by atoms with Crippen molar-refractivity contribution in [1.82, 2.24) is 0 Å². The molecule has 3 aromatic rings. The number of fused-ring (bicyclic) bond motifs is 5. The van der Waals surface area contributed by atoms with Crippen molar-refractivity contribution in [3.05, 3.63) is 75.7 Å². The van der Waals surface area contributed by atoms with Crippen LogP contribution in [0, 0.1) is 6.92 Å². The molecule has 2 aromatic carbocycles. The molecule has 0 spiro atoms. The molecule has 0 atom stereocenters. The van der Waals surface area contributed by atoms with Crippen LogP contribution in [0.3, 0.4) is 0 Å². The highest BCUT2D eigenvalue weighted by atomic mass is 16.3. The third-order valence-corrected chi connectivity index (χ3v) is 5.71. The highest BCUT2D eigenvalue weighted by Crippen LogP contribution is 2.41. The lowest BCUT2D eigenvalue weighted by molar-refractivity contribution is 0.0813. The molecule has 1 aromatic heterocycles. The molecule has 2 aliphatic rings. The first-order chi connectivity index (χ1) is 15.0. The van der Waals surface area contributed by atoms with Crippen LogP contribution < -0.4 is 10.4 Å². The van der Waals surface area contributed by atoms with Gasteiger partial charge in [0.2, 0.25) is 11.6 Å². The number of furan rings is 1. The number of allylic oxidation sites excluding steroid dienone is 2. The van der Waals surface area contributed by atoms with Crippen molar-refractivity contribution in [2.24, 2.45) is 0 Å². The van der Waals surface area contributed by atoms with Gasteiger partial charge >= 0.3 is 0 Å². The van der Waals surface area contributed by atoms with Crippen molar-refractivity contribution < 1.29 is 19.1 Å². The summed E-state index contributed by atoms with van der Waals surface area (Å²) < 4.78 is 6.16. The summed E-state index contributed by atoms with van der Waals surface area (Å²) in [7, 11) is 0. The maximum atomic E-state index is 13.1. The highest BCUT2D eigenvalue weighted by Gasteiger charge is 2.37. The fraction of sp³-hybridized carbons (Fsp3) is 0.185. The van der Waals surface area contributed by atoms with E-state index < -0.39 is 11.6 Å². The molecule has 2 aliphatic carbocycles. The number of hydrogen-bond donors (Lipinski definition) is 1. The molecular formula is C27H24O4. The van der Waals surface area contributed by atoms with Gasteiger partial charge in [-0.2, -0.15) is 0 Å². The van der Waals surface area contributed by atoms with Gasteiger partial charge in [0, 0.05) is 22.3 Å². The second-order valence-corrected chi connectivity index (χ2v) is 7.49. The average molecular weight is 412 g/mol. The second-order valence-electron chi connectivity index (χ2n) is 7.49. The SMILES string of the molecule is CC.CC1=c2ccc3c(c2=CC=CC1)C(=O)C(=O)c1c-3oc(-c2ccc(O)cc2)c1C. The topological polar surface area (TPSA) is 67.5 Å². The average Bonchev–Trinajstić information content (AvgIpc) is 3.01. The highest BCUT2D eigenvalue weighted by molar-refractivity contribution is 6.53. The third-order valence-electron chi connectivity index (χ3n) is 5.71. The van der Waals surface area contributed by atoms with E-state index in [1.807, 2.05) is 51.1 Å². The monoisotopic (exact) mass is 412 g/mol. The van der Waals surface area contributed by atoms with E-state index in [9.17, 15) is 14.7 Å². The number of Topliss-reactive ketones (excluding diaryl/α,β-unsaturated/α-hetero) is 2. The van der Waals surface area contributed by atoms with Gasteiger partial charge in [0.05, 0.1) is 5.56 Å². The van der Waals surface area contributed by atoms with Crippen LogP contribution in [0.15, 0.2) is 53.0 Å². The lowest BCUT2D eigenvalue weighted by atomic mass is 9.84. The van der Waals surface area contributed by atoms with E-state index in [2.05, 4.69) is 0 Å². The Balaban J connectivity index is 0.00000112. The number of benzene rings is 2. The van der Waals surface area contributed by atoms with Crippen LogP contribution in [-0.4, -0.2) is 16.7 Å². The molecule has 4 heteroatoms. The van der Waals surface area contributed by atoms with Gasteiger partial charge in [0.1, 0.15) is 17.3 Å². The van der Waals surface area contributed by atoms with E-state index in [1.165, 1.54) is 0 Å². The standard InChI is InChI=1S/C25H18O4.C2H6/c1-13-5-3-4-6-18-17(13)11-12-19-21(18)23(28)22(27)20-14(2)24(29-25(19)20)15-7-9-16(26)10-8-15;1-2/h3-4,6-12,26H,5H2,1-2H3;1-2H3. The zero-order valence-electron chi connectivity index (χ0n) is 18.1. The molecule has 1 heterocycles. The number of ketones is 2. The van der Waals surface area contributed by atoms with Gasteiger partial charge in [-0.05, 0) is 61.0 Å². The van der Waals surface area contributed by atoms with Crippen molar-refractivity contribution in [1.29, 1.82) is 0 Å². The van der Waals surface area contributed by atoms with E-state index in [0.717, 1.165) is 28.0 Å². The Labute approximate surface area is 180 Å². The van der Waals surface area contributed by atoms with Crippen molar-refractivity contribution in [2.75, 3.05) is 0 Å². The van der Waals surface area contributed by atoms with Gasteiger partial charge in [0.15, 0.2) is 0 Å². The quantitative estimate of drug-likeness (QED) is 0.575. The van der Waals surface area contributed by atoms with Crippen LogP contribution in [0.5, 0.6) is 5.75 Å². The van der Waals surface area contributed by atoms with Crippen LogP contribution in [0.2, 0.25) is 0 Å². The molecule has 0 amide bonds. The van der Waals surface area contributed by atoms with Gasteiger partial charge in [0.25, 0.3) is 0 Å². The first-order valence-corrected chi connectivity index (χ1v) is 10.5. The first kappa shape index (κ1) is 20.6. The van der Waals surface area contributed by atoms with Gasteiger partial charge in [-0.1, -0.05) is 43.7 Å². The Morgan fingerprint density at radius 2 is 1.55 bits per heavy atom. The fourth-order valence-corrected chi connectivity index (χ4v) is 4.21. The summed E-state index contributed by atoms with van der Waals surface area (Å²) in [4.78, 5) is 26.2. The molecule has 31 heavy (non-hydrogen) atoms. The lowest BCUT2D eigenvalue weighted by Crippen LogP contribution is -2.36. The van der Waals surface area contributed by atoms with E-state index in [0.29, 0.717) is 33.8 Å². The van der Waals surface area contributed by atoms with Crippen LogP contribution in [-0.2, 0) is 0 Å².